The highest BCUT2D eigenvalue weighted by molar-refractivity contribution is 6.55. The highest BCUT2D eigenvalue weighted by Crippen LogP contribution is 2.00. The van der Waals surface area contributed by atoms with Crippen molar-refractivity contribution in [3.63, 3.8) is 0 Å². The van der Waals surface area contributed by atoms with Gasteiger partial charge in [0.2, 0.25) is 0 Å². The van der Waals surface area contributed by atoms with Gasteiger partial charge in [0.15, 0.2) is 11.6 Å². The second kappa shape index (κ2) is 5.82. The number of imidazole rings is 1. The van der Waals surface area contributed by atoms with Crippen LogP contribution in [0, 0.1) is 0 Å². The van der Waals surface area contributed by atoms with Crippen molar-refractivity contribution >= 4 is 14.6 Å². The van der Waals surface area contributed by atoms with Gasteiger partial charge in [-0.25, -0.2) is 4.98 Å². The summed E-state index contributed by atoms with van der Waals surface area (Å²) in [6, 6.07) is 1.17. The predicted octanol–water partition coefficient (Wildman–Crippen LogP) is 1.55. The SMILES string of the molecule is CC(=O)c1nccn1COCC[SiH](C)C. The summed E-state index contributed by atoms with van der Waals surface area (Å²) in [5, 5.41) is 0. The zero-order valence-corrected chi connectivity index (χ0v) is 10.7. The van der Waals surface area contributed by atoms with Gasteiger partial charge < -0.3 is 9.30 Å². The van der Waals surface area contributed by atoms with Gasteiger partial charge in [-0.15, -0.1) is 0 Å². The fraction of sp³-hybridized carbons (Fsp3) is 0.600. The van der Waals surface area contributed by atoms with Crippen molar-refractivity contribution in [3.05, 3.63) is 18.2 Å². The summed E-state index contributed by atoms with van der Waals surface area (Å²) in [7, 11) is -0.530. The summed E-state index contributed by atoms with van der Waals surface area (Å²) in [5.41, 5.74) is 0. The number of ether oxygens (including phenoxy) is 1. The van der Waals surface area contributed by atoms with E-state index in [4.69, 9.17) is 4.74 Å². The number of ketones is 1. The maximum atomic E-state index is 11.1. The molecular weight excluding hydrogens is 208 g/mol. The lowest BCUT2D eigenvalue weighted by Crippen LogP contribution is -2.12. The molecule has 0 fully saturated rings. The molecule has 0 bridgehead atoms. The summed E-state index contributed by atoms with van der Waals surface area (Å²) < 4.78 is 7.23. The van der Waals surface area contributed by atoms with Gasteiger partial charge in [0.1, 0.15) is 6.73 Å². The van der Waals surface area contributed by atoms with E-state index in [9.17, 15) is 4.79 Å². The third-order valence-corrected chi connectivity index (χ3v) is 3.49. The van der Waals surface area contributed by atoms with Crippen LogP contribution in [-0.4, -0.2) is 30.7 Å². The number of hydrogen-bond acceptors (Lipinski definition) is 3. The Bertz CT molecular complexity index is 323. The van der Waals surface area contributed by atoms with Crippen LogP contribution in [0.4, 0.5) is 0 Å². The molecule has 15 heavy (non-hydrogen) atoms. The molecule has 0 saturated heterocycles. The molecule has 0 N–H and O–H groups in total. The average Bonchev–Trinajstić information content (AvgIpc) is 2.60. The lowest BCUT2D eigenvalue weighted by atomic mass is 10.4. The second-order valence-electron chi connectivity index (χ2n) is 4.00. The van der Waals surface area contributed by atoms with Crippen LogP contribution < -0.4 is 0 Å². The molecule has 0 atom stereocenters. The molecule has 0 aromatic carbocycles. The van der Waals surface area contributed by atoms with E-state index in [2.05, 4.69) is 18.1 Å². The quantitative estimate of drug-likeness (QED) is 0.420. The van der Waals surface area contributed by atoms with E-state index in [1.165, 1.54) is 13.0 Å². The highest BCUT2D eigenvalue weighted by Gasteiger charge is 2.06. The Morgan fingerprint density at radius 2 is 2.33 bits per heavy atom. The van der Waals surface area contributed by atoms with Crippen molar-refractivity contribution in [2.45, 2.75) is 32.8 Å². The molecular formula is C10H18N2O2Si. The lowest BCUT2D eigenvalue weighted by Gasteiger charge is -2.07. The molecule has 0 spiro atoms. The topological polar surface area (TPSA) is 44.1 Å². The van der Waals surface area contributed by atoms with Crippen LogP contribution in [0.5, 0.6) is 0 Å². The monoisotopic (exact) mass is 226 g/mol. The van der Waals surface area contributed by atoms with Crippen LogP contribution in [0.2, 0.25) is 19.1 Å². The lowest BCUT2D eigenvalue weighted by molar-refractivity contribution is 0.0808. The molecule has 0 amide bonds. The molecule has 1 heterocycles. The molecule has 84 valence electrons. The molecule has 0 radical (unpaired) electrons. The van der Waals surface area contributed by atoms with Crippen molar-refractivity contribution in [2.75, 3.05) is 6.61 Å². The number of aromatic nitrogens is 2. The van der Waals surface area contributed by atoms with Crippen LogP contribution >= 0.6 is 0 Å². The smallest absolute Gasteiger partial charge is 0.195 e. The Morgan fingerprint density at radius 1 is 1.60 bits per heavy atom. The maximum Gasteiger partial charge on any atom is 0.195 e. The maximum absolute atomic E-state index is 11.1. The molecule has 0 aliphatic heterocycles. The van der Waals surface area contributed by atoms with Gasteiger partial charge in [-0.05, 0) is 6.04 Å². The number of hydrogen-bond donors (Lipinski definition) is 0. The summed E-state index contributed by atoms with van der Waals surface area (Å²) in [6.07, 6.45) is 3.39. The van der Waals surface area contributed by atoms with E-state index < -0.39 is 8.80 Å². The van der Waals surface area contributed by atoms with E-state index in [1.54, 1.807) is 17.0 Å². The Kier molecular flexibility index (Phi) is 4.71. The molecule has 0 aliphatic rings. The first-order valence-corrected chi connectivity index (χ1v) is 8.33. The van der Waals surface area contributed by atoms with Crippen molar-refractivity contribution < 1.29 is 9.53 Å². The number of carbonyl (C=O) groups is 1. The zero-order valence-electron chi connectivity index (χ0n) is 9.56. The molecule has 4 nitrogen and oxygen atoms in total. The minimum Gasteiger partial charge on any atom is -0.361 e. The van der Waals surface area contributed by atoms with Gasteiger partial charge in [-0.3, -0.25) is 4.79 Å². The van der Waals surface area contributed by atoms with Crippen molar-refractivity contribution in [3.8, 4) is 0 Å². The molecule has 1 aromatic rings. The summed E-state index contributed by atoms with van der Waals surface area (Å²) in [6.45, 7) is 7.30. The Balaban J connectivity index is 2.37. The number of Topliss-reactive ketones (excluding diaryl/α,β-unsaturated/α-hetero) is 1. The van der Waals surface area contributed by atoms with Crippen LogP contribution in [0.3, 0.4) is 0 Å². The third-order valence-electron chi connectivity index (χ3n) is 2.10. The fourth-order valence-corrected chi connectivity index (χ4v) is 1.85. The first-order valence-electron chi connectivity index (χ1n) is 5.21. The largest absolute Gasteiger partial charge is 0.361 e. The van der Waals surface area contributed by atoms with E-state index in [1.807, 2.05) is 0 Å². The van der Waals surface area contributed by atoms with Gasteiger partial charge in [0, 0.05) is 34.7 Å². The zero-order chi connectivity index (χ0) is 11.3. The van der Waals surface area contributed by atoms with Gasteiger partial charge in [-0.2, -0.15) is 0 Å². The molecule has 0 aliphatic carbocycles. The Hall–Kier alpha value is -0.943. The normalized spacial score (nSPS) is 10.9. The minimum atomic E-state index is -0.530. The molecule has 1 aromatic heterocycles. The molecule has 5 heteroatoms. The highest BCUT2D eigenvalue weighted by atomic mass is 28.3. The number of nitrogens with zero attached hydrogens (tertiary/aromatic N) is 2. The summed E-state index contributed by atoms with van der Waals surface area (Å²) in [5.74, 6) is 0.443. The average molecular weight is 226 g/mol. The van der Waals surface area contributed by atoms with Gasteiger partial charge in [0.25, 0.3) is 0 Å². The van der Waals surface area contributed by atoms with Crippen molar-refractivity contribution in [1.82, 2.24) is 9.55 Å². The van der Waals surface area contributed by atoms with Crippen LogP contribution in [0.25, 0.3) is 0 Å². The van der Waals surface area contributed by atoms with E-state index in [0.717, 1.165) is 6.61 Å². The minimum absolute atomic E-state index is 0.0261. The Labute approximate surface area is 91.9 Å². The van der Waals surface area contributed by atoms with Crippen LogP contribution in [0.15, 0.2) is 12.4 Å². The molecule has 0 unspecified atom stereocenters. The van der Waals surface area contributed by atoms with Gasteiger partial charge >= 0.3 is 0 Å². The van der Waals surface area contributed by atoms with Crippen molar-refractivity contribution in [1.29, 1.82) is 0 Å². The number of rotatable bonds is 6. The summed E-state index contributed by atoms with van der Waals surface area (Å²) in [4.78, 5) is 15.1. The first-order chi connectivity index (χ1) is 7.11. The Morgan fingerprint density at radius 3 is 2.93 bits per heavy atom. The molecule has 1 rings (SSSR count). The summed E-state index contributed by atoms with van der Waals surface area (Å²) >= 11 is 0. The fourth-order valence-electron chi connectivity index (χ4n) is 1.21. The number of carbonyl (C=O) groups excluding carboxylic acids is 1. The predicted molar refractivity (Wildman–Crippen MR) is 61.9 cm³/mol. The first kappa shape index (κ1) is 12.1. The molecule has 0 saturated carbocycles. The third kappa shape index (κ3) is 3.97. The van der Waals surface area contributed by atoms with Crippen molar-refractivity contribution in [2.24, 2.45) is 0 Å². The van der Waals surface area contributed by atoms with Gasteiger partial charge in [0.05, 0.1) is 0 Å². The second-order valence-corrected chi connectivity index (χ2v) is 7.36. The standard InChI is InChI=1S/C10H18N2O2Si/c1-9(13)10-11-4-5-12(10)8-14-6-7-15(2)3/h4-5,15H,6-8H2,1-3H3. The van der Waals surface area contributed by atoms with Crippen LogP contribution in [-0.2, 0) is 11.5 Å². The van der Waals surface area contributed by atoms with E-state index >= 15 is 0 Å². The van der Waals surface area contributed by atoms with Crippen LogP contribution in [0.1, 0.15) is 17.5 Å². The van der Waals surface area contributed by atoms with E-state index in [0.29, 0.717) is 12.6 Å². The van der Waals surface area contributed by atoms with Gasteiger partial charge in [-0.1, -0.05) is 13.1 Å². The van der Waals surface area contributed by atoms with E-state index in [-0.39, 0.29) is 5.78 Å².